The van der Waals surface area contributed by atoms with E-state index in [1.807, 2.05) is 0 Å². The first kappa shape index (κ1) is 33.4. The van der Waals surface area contributed by atoms with Gasteiger partial charge in [-0.05, 0) is 68.6 Å². The summed E-state index contributed by atoms with van der Waals surface area (Å²) < 4.78 is 0. The standard InChI is InChI=1S/C9H9NO2.C7H6O2.C6H13N.C5H12N2O2/c1-7(12)10-9-4-2-8(6-11)3-5-9;8-7(9)6-4-2-1-3-5-6;7-6-4-2-1-3-5-6;6-3-1-2-4(7)5(8)9/h2-6H,1H3,(H,10,12);1-5H,(H,8,9);6H,1-5,7H2;4H,1-3,6-7H2,(H,8,9)/t;;;4-/m...0/s1. The summed E-state index contributed by atoms with van der Waals surface area (Å²) in [6, 6.07) is 14.8. The van der Waals surface area contributed by atoms with Gasteiger partial charge in [-0.2, -0.15) is 0 Å². The quantitative estimate of drug-likeness (QED) is 0.299. The molecule has 0 unspecified atom stereocenters. The molecule has 2 aromatic carbocycles. The number of carboxylic acids is 2. The van der Waals surface area contributed by atoms with E-state index in [0.29, 0.717) is 42.2 Å². The van der Waals surface area contributed by atoms with Gasteiger partial charge in [-0.25, -0.2) is 4.79 Å². The molecule has 1 saturated carbocycles. The van der Waals surface area contributed by atoms with Crippen LogP contribution in [-0.4, -0.2) is 53.0 Å². The van der Waals surface area contributed by atoms with Crippen LogP contribution in [0.2, 0.25) is 0 Å². The number of carbonyl (C=O) groups is 4. The predicted octanol–water partition coefficient (Wildman–Crippen LogP) is 3.26. The third kappa shape index (κ3) is 18.3. The van der Waals surface area contributed by atoms with E-state index in [0.717, 1.165) is 6.29 Å². The summed E-state index contributed by atoms with van der Waals surface area (Å²) in [5.74, 6) is -1.95. The lowest BCUT2D eigenvalue weighted by Gasteiger charge is -2.15. The van der Waals surface area contributed by atoms with E-state index in [1.54, 1.807) is 54.6 Å². The number of benzene rings is 2. The van der Waals surface area contributed by atoms with Crippen LogP contribution in [0.25, 0.3) is 0 Å². The predicted molar refractivity (Wildman–Crippen MR) is 144 cm³/mol. The number of amides is 1. The van der Waals surface area contributed by atoms with Crippen molar-refractivity contribution >= 4 is 29.8 Å². The lowest BCUT2D eigenvalue weighted by atomic mass is 9.97. The Morgan fingerprint density at radius 2 is 1.57 bits per heavy atom. The molecule has 37 heavy (non-hydrogen) atoms. The van der Waals surface area contributed by atoms with Crippen molar-refractivity contribution in [1.29, 1.82) is 0 Å². The number of aromatic carboxylic acids is 1. The average Bonchev–Trinajstić information content (AvgIpc) is 2.89. The van der Waals surface area contributed by atoms with Gasteiger partial charge in [0.05, 0.1) is 5.56 Å². The molecule has 204 valence electrons. The summed E-state index contributed by atoms with van der Waals surface area (Å²) in [6.07, 6.45) is 8.56. The van der Waals surface area contributed by atoms with E-state index in [1.165, 1.54) is 39.0 Å². The van der Waals surface area contributed by atoms with Crippen LogP contribution in [0.15, 0.2) is 54.6 Å². The van der Waals surface area contributed by atoms with Gasteiger partial charge in [0, 0.05) is 24.2 Å². The first-order valence-corrected chi connectivity index (χ1v) is 12.2. The molecule has 1 amide bonds. The Morgan fingerprint density at radius 1 is 1.00 bits per heavy atom. The fourth-order valence-electron chi connectivity index (χ4n) is 3.02. The molecular formula is C27H40N4O6. The van der Waals surface area contributed by atoms with E-state index >= 15 is 0 Å². The van der Waals surface area contributed by atoms with Gasteiger partial charge in [0.1, 0.15) is 12.3 Å². The minimum absolute atomic E-state index is 0.117. The van der Waals surface area contributed by atoms with E-state index in [4.69, 9.17) is 27.4 Å². The highest BCUT2D eigenvalue weighted by atomic mass is 16.4. The summed E-state index contributed by atoms with van der Waals surface area (Å²) >= 11 is 0. The second kappa shape index (κ2) is 20.6. The van der Waals surface area contributed by atoms with Crippen LogP contribution in [0, 0.1) is 0 Å². The van der Waals surface area contributed by atoms with Gasteiger partial charge < -0.3 is 32.7 Å². The molecule has 9 N–H and O–H groups in total. The summed E-state index contributed by atoms with van der Waals surface area (Å²) in [7, 11) is 0. The maximum Gasteiger partial charge on any atom is 0.335 e. The van der Waals surface area contributed by atoms with Crippen molar-refractivity contribution in [3.05, 3.63) is 65.7 Å². The van der Waals surface area contributed by atoms with Crippen LogP contribution in [0.3, 0.4) is 0 Å². The lowest BCUT2D eigenvalue weighted by molar-refractivity contribution is -0.138. The van der Waals surface area contributed by atoms with Crippen molar-refractivity contribution in [2.45, 2.75) is 64.0 Å². The molecule has 3 rings (SSSR count). The summed E-state index contributed by atoms with van der Waals surface area (Å²) in [5, 5.41) is 19.2. The third-order valence-corrected chi connectivity index (χ3v) is 5.07. The molecule has 0 aromatic heterocycles. The number of nitrogens with two attached hydrogens (primary N) is 3. The summed E-state index contributed by atoms with van der Waals surface area (Å²) in [6.45, 7) is 1.94. The maximum absolute atomic E-state index is 10.6. The van der Waals surface area contributed by atoms with Crippen LogP contribution in [0.1, 0.15) is 72.6 Å². The molecule has 1 atom stereocenters. The Kier molecular flexibility index (Phi) is 18.6. The van der Waals surface area contributed by atoms with Crippen LogP contribution in [0.5, 0.6) is 0 Å². The topological polar surface area (TPSA) is 199 Å². The number of rotatable bonds is 7. The number of aldehydes is 1. The first-order valence-electron chi connectivity index (χ1n) is 12.2. The minimum atomic E-state index is -0.955. The number of carboxylic acid groups (broad SMARTS) is 2. The van der Waals surface area contributed by atoms with Crippen molar-refractivity contribution in [2.75, 3.05) is 11.9 Å². The SMILES string of the molecule is CC(=O)Nc1ccc(C=O)cc1.NC1CCCCC1.NCCC[C@H](N)C(=O)O.O=C(O)c1ccccc1. The average molecular weight is 517 g/mol. The molecular weight excluding hydrogens is 476 g/mol. The van der Waals surface area contributed by atoms with Gasteiger partial charge >= 0.3 is 11.9 Å². The van der Waals surface area contributed by atoms with Gasteiger partial charge in [0.15, 0.2) is 0 Å². The zero-order chi connectivity index (χ0) is 28.1. The van der Waals surface area contributed by atoms with Gasteiger partial charge in [0.25, 0.3) is 0 Å². The van der Waals surface area contributed by atoms with Crippen LogP contribution in [0.4, 0.5) is 5.69 Å². The highest BCUT2D eigenvalue weighted by molar-refractivity contribution is 5.89. The number of hydrogen-bond donors (Lipinski definition) is 6. The van der Waals surface area contributed by atoms with Crippen molar-refractivity contribution in [2.24, 2.45) is 17.2 Å². The van der Waals surface area contributed by atoms with Crippen molar-refractivity contribution in [3.8, 4) is 0 Å². The maximum atomic E-state index is 10.6. The minimum Gasteiger partial charge on any atom is -0.480 e. The van der Waals surface area contributed by atoms with Gasteiger partial charge in [0.2, 0.25) is 5.91 Å². The second-order valence-corrected chi connectivity index (χ2v) is 8.37. The molecule has 0 aliphatic heterocycles. The number of hydrogen-bond acceptors (Lipinski definition) is 7. The highest BCUT2D eigenvalue weighted by Gasteiger charge is 2.09. The van der Waals surface area contributed by atoms with Gasteiger partial charge in [-0.1, -0.05) is 37.5 Å². The first-order chi connectivity index (χ1) is 17.6. The second-order valence-electron chi connectivity index (χ2n) is 8.37. The molecule has 1 aliphatic rings. The molecule has 10 heteroatoms. The smallest absolute Gasteiger partial charge is 0.335 e. The fourth-order valence-corrected chi connectivity index (χ4v) is 3.02. The zero-order valence-electron chi connectivity index (χ0n) is 21.3. The Labute approximate surface area is 218 Å². The molecule has 1 aliphatic carbocycles. The normalized spacial score (nSPS) is 13.1. The molecule has 10 nitrogen and oxygen atoms in total. The van der Waals surface area contributed by atoms with Crippen LogP contribution in [-0.2, 0) is 9.59 Å². The molecule has 0 radical (unpaired) electrons. The van der Waals surface area contributed by atoms with Gasteiger partial charge in [-0.3, -0.25) is 14.4 Å². The highest BCUT2D eigenvalue weighted by Crippen LogP contribution is 2.14. The zero-order valence-corrected chi connectivity index (χ0v) is 21.3. The molecule has 0 heterocycles. The van der Waals surface area contributed by atoms with E-state index in [2.05, 4.69) is 5.32 Å². The third-order valence-electron chi connectivity index (χ3n) is 5.07. The van der Waals surface area contributed by atoms with Crippen molar-refractivity contribution in [1.82, 2.24) is 0 Å². The Morgan fingerprint density at radius 3 is 1.92 bits per heavy atom. The van der Waals surface area contributed by atoms with Gasteiger partial charge in [-0.15, -0.1) is 0 Å². The largest absolute Gasteiger partial charge is 0.480 e. The Balaban J connectivity index is 0.000000475. The molecule has 0 bridgehead atoms. The molecule has 0 spiro atoms. The molecule has 0 saturated heterocycles. The number of carbonyl (C=O) groups excluding carboxylic acids is 2. The summed E-state index contributed by atoms with van der Waals surface area (Å²) in [5.41, 5.74) is 17.5. The van der Waals surface area contributed by atoms with E-state index in [-0.39, 0.29) is 5.91 Å². The number of nitrogens with one attached hydrogen (secondary N) is 1. The molecule has 1 fully saturated rings. The number of anilines is 1. The van der Waals surface area contributed by atoms with Crippen LogP contribution < -0.4 is 22.5 Å². The van der Waals surface area contributed by atoms with E-state index < -0.39 is 18.0 Å². The fraction of sp³-hybridized carbons (Fsp3) is 0.407. The Bertz CT molecular complexity index is 916. The van der Waals surface area contributed by atoms with Crippen molar-refractivity contribution < 1.29 is 29.4 Å². The number of aliphatic carboxylic acids is 1. The van der Waals surface area contributed by atoms with E-state index in [9.17, 15) is 19.2 Å². The lowest BCUT2D eigenvalue weighted by Crippen LogP contribution is -2.30. The Hall–Kier alpha value is -3.60. The summed E-state index contributed by atoms with van der Waals surface area (Å²) in [4.78, 5) is 41.1. The van der Waals surface area contributed by atoms with Crippen molar-refractivity contribution in [3.63, 3.8) is 0 Å². The molecule has 2 aromatic rings. The van der Waals surface area contributed by atoms with Crippen LogP contribution >= 0.6 is 0 Å². The monoisotopic (exact) mass is 516 g/mol.